The molecule has 2 saturated heterocycles. The van der Waals surface area contributed by atoms with Crippen LogP contribution in [-0.2, 0) is 9.53 Å². The number of amides is 1. The molecular formula is C7H12N2O2. The lowest BCUT2D eigenvalue weighted by molar-refractivity contribution is -0.143. The summed E-state index contributed by atoms with van der Waals surface area (Å²) < 4.78 is 5.21. The van der Waals surface area contributed by atoms with E-state index in [1.54, 1.807) is 0 Å². The fraction of sp³-hybridized carbons (Fsp3) is 0.857. The fourth-order valence-electron chi connectivity index (χ4n) is 1.80. The molecule has 0 aromatic carbocycles. The number of likely N-dealkylation sites (tertiary alicyclic amines) is 1. The minimum Gasteiger partial charge on any atom is -0.366 e. The molecule has 4 nitrogen and oxygen atoms in total. The molecule has 2 bridgehead atoms. The van der Waals surface area contributed by atoms with E-state index in [4.69, 9.17) is 10.5 Å². The Morgan fingerprint density at radius 1 is 1.73 bits per heavy atom. The maximum atomic E-state index is 11.3. The van der Waals surface area contributed by atoms with Crippen LogP contribution in [0, 0.1) is 0 Å². The highest BCUT2D eigenvalue weighted by Gasteiger charge is 2.45. The van der Waals surface area contributed by atoms with Crippen molar-refractivity contribution in [2.75, 3.05) is 19.7 Å². The number of morpholine rings is 1. The molecule has 1 amide bonds. The summed E-state index contributed by atoms with van der Waals surface area (Å²) in [7, 11) is 0. The Balaban J connectivity index is 2.05. The third-order valence-corrected chi connectivity index (χ3v) is 2.35. The first kappa shape index (κ1) is 7.06. The largest absolute Gasteiger partial charge is 0.366 e. The third-order valence-electron chi connectivity index (χ3n) is 2.35. The van der Waals surface area contributed by atoms with E-state index in [1.165, 1.54) is 0 Å². The summed E-state index contributed by atoms with van der Waals surface area (Å²) in [5, 5.41) is 0. The average molecular weight is 156 g/mol. The SMILES string of the molecule is NCCN1C(=O)C2CC1CO2. The summed E-state index contributed by atoms with van der Waals surface area (Å²) in [6.07, 6.45) is 0.727. The van der Waals surface area contributed by atoms with Crippen molar-refractivity contribution in [3.05, 3.63) is 0 Å². The lowest BCUT2D eigenvalue weighted by Gasteiger charge is -2.25. The molecule has 2 fully saturated rings. The molecule has 0 aromatic rings. The van der Waals surface area contributed by atoms with Crippen molar-refractivity contribution in [2.24, 2.45) is 5.73 Å². The first-order chi connectivity index (χ1) is 5.33. The molecule has 0 aliphatic carbocycles. The van der Waals surface area contributed by atoms with Gasteiger partial charge in [0.2, 0.25) is 0 Å². The number of rotatable bonds is 2. The zero-order valence-electron chi connectivity index (χ0n) is 6.32. The van der Waals surface area contributed by atoms with Gasteiger partial charge in [-0.05, 0) is 0 Å². The van der Waals surface area contributed by atoms with Gasteiger partial charge in [-0.3, -0.25) is 4.79 Å². The first-order valence-corrected chi connectivity index (χ1v) is 3.95. The highest BCUT2D eigenvalue weighted by atomic mass is 16.5. The van der Waals surface area contributed by atoms with Gasteiger partial charge in [0.1, 0.15) is 6.10 Å². The van der Waals surface area contributed by atoms with E-state index < -0.39 is 0 Å². The normalized spacial score (nSPS) is 35.4. The van der Waals surface area contributed by atoms with E-state index in [9.17, 15) is 4.79 Å². The molecule has 2 aliphatic rings. The molecule has 2 unspecified atom stereocenters. The summed E-state index contributed by atoms with van der Waals surface area (Å²) in [4.78, 5) is 13.1. The molecule has 4 heteroatoms. The highest BCUT2D eigenvalue weighted by Crippen LogP contribution is 2.28. The number of fused-ring (bicyclic) bond motifs is 2. The fourth-order valence-corrected chi connectivity index (χ4v) is 1.80. The van der Waals surface area contributed by atoms with Crippen LogP contribution in [0.15, 0.2) is 0 Å². The molecule has 0 spiro atoms. The van der Waals surface area contributed by atoms with Crippen LogP contribution < -0.4 is 5.73 Å². The number of nitrogens with zero attached hydrogens (tertiary/aromatic N) is 1. The van der Waals surface area contributed by atoms with Crippen molar-refractivity contribution in [3.63, 3.8) is 0 Å². The molecule has 2 aliphatic heterocycles. The lowest BCUT2D eigenvalue weighted by Crippen LogP contribution is -2.44. The first-order valence-electron chi connectivity index (χ1n) is 3.95. The molecule has 2 atom stereocenters. The Hall–Kier alpha value is -0.610. The van der Waals surface area contributed by atoms with E-state index in [0.717, 1.165) is 6.42 Å². The van der Waals surface area contributed by atoms with Gasteiger partial charge in [0.25, 0.3) is 5.91 Å². The minimum atomic E-state index is -0.147. The second kappa shape index (κ2) is 2.46. The smallest absolute Gasteiger partial charge is 0.252 e. The molecule has 2 N–H and O–H groups in total. The number of hydrogen-bond acceptors (Lipinski definition) is 3. The zero-order chi connectivity index (χ0) is 7.84. The standard InChI is InChI=1S/C7H12N2O2/c8-1-2-9-5-3-6(7(9)10)11-4-5/h5-6H,1-4,8H2. The highest BCUT2D eigenvalue weighted by molar-refractivity contribution is 5.84. The number of carbonyl (C=O) groups excluding carboxylic acids is 1. The molecule has 2 heterocycles. The second-order valence-electron chi connectivity index (χ2n) is 3.03. The minimum absolute atomic E-state index is 0.131. The van der Waals surface area contributed by atoms with Gasteiger partial charge in [0.15, 0.2) is 0 Å². The Kier molecular flexibility index (Phi) is 1.58. The van der Waals surface area contributed by atoms with E-state index >= 15 is 0 Å². The van der Waals surface area contributed by atoms with E-state index in [-0.39, 0.29) is 12.0 Å². The molecule has 2 rings (SSSR count). The van der Waals surface area contributed by atoms with Crippen molar-refractivity contribution >= 4 is 5.91 Å². The van der Waals surface area contributed by atoms with Gasteiger partial charge in [-0.15, -0.1) is 0 Å². The van der Waals surface area contributed by atoms with Crippen molar-refractivity contribution in [1.29, 1.82) is 0 Å². The van der Waals surface area contributed by atoms with Gasteiger partial charge in [0.05, 0.1) is 12.6 Å². The van der Waals surface area contributed by atoms with Crippen molar-refractivity contribution < 1.29 is 9.53 Å². The molecule has 0 aromatic heterocycles. The predicted molar refractivity (Wildman–Crippen MR) is 38.9 cm³/mol. The summed E-state index contributed by atoms with van der Waals surface area (Å²) >= 11 is 0. The van der Waals surface area contributed by atoms with E-state index in [1.807, 2.05) is 4.90 Å². The molecule has 0 radical (unpaired) electrons. The number of carbonyl (C=O) groups is 1. The van der Waals surface area contributed by atoms with Gasteiger partial charge in [-0.25, -0.2) is 0 Å². The van der Waals surface area contributed by atoms with Crippen LogP contribution in [-0.4, -0.2) is 42.6 Å². The Bertz CT molecular complexity index is 183. The molecule has 11 heavy (non-hydrogen) atoms. The monoisotopic (exact) mass is 156 g/mol. The average Bonchev–Trinajstić information content (AvgIpc) is 2.54. The molecular weight excluding hydrogens is 144 g/mol. The maximum absolute atomic E-state index is 11.3. The summed E-state index contributed by atoms with van der Waals surface area (Å²) in [5.74, 6) is 0.131. The number of nitrogens with two attached hydrogens (primary N) is 1. The Morgan fingerprint density at radius 3 is 3.09 bits per heavy atom. The number of hydrogen-bond donors (Lipinski definition) is 1. The second-order valence-corrected chi connectivity index (χ2v) is 3.03. The summed E-state index contributed by atoms with van der Waals surface area (Å²) in [6.45, 7) is 1.94. The molecule has 0 saturated carbocycles. The predicted octanol–water partition coefficient (Wildman–Crippen LogP) is -1.06. The molecule has 62 valence electrons. The van der Waals surface area contributed by atoms with Crippen LogP contribution >= 0.6 is 0 Å². The van der Waals surface area contributed by atoms with E-state index in [0.29, 0.717) is 25.7 Å². The van der Waals surface area contributed by atoms with Crippen molar-refractivity contribution in [1.82, 2.24) is 4.90 Å². The Morgan fingerprint density at radius 2 is 2.55 bits per heavy atom. The van der Waals surface area contributed by atoms with Gasteiger partial charge in [-0.1, -0.05) is 0 Å². The third kappa shape index (κ3) is 0.937. The topological polar surface area (TPSA) is 55.6 Å². The summed E-state index contributed by atoms with van der Waals surface area (Å²) in [5.41, 5.74) is 5.37. The number of ether oxygens (including phenoxy) is 1. The van der Waals surface area contributed by atoms with Crippen LogP contribution in [0.3, 0.4) is 0 Å². The summed E-state index contributed by atoms with van der Waals surface area (Å²) in [6, 6.07) is 0.316. The van der Waals surface area contributed by atoms with Crippen molar-refractivity contribution in [2.45, 2.75) is 18.6 Å². The van der Waals surface area contributed by atoms with Gasteiger partial charge in [-0.2, -0.15) is 0 Å². The Labute approximate surface area is 65.3 Å². The van der Waals surface area contributed by atoms with Gasteiger partial charge in [0, 0.05) is 19.5 Å². The quantitative estimate of drug-likeness (QED) is 0.554. The zero-order valence-corrected chi connectivity index (χ0v) is 6.32. The van der Waals surface area contributed by atoms with Crippen LogP contribution in [0.25, 0.3) is 0 Å². The van der Waals surface area contributed by atoms with Gasteiger partial charge >= 0.3 is 0 Å². The van der Waals surface area contributed by atoms with E-state index in [2.05, 4.69) is 0 Å². The van der Waals surface area contributed by atoms with Crippen LogP contribution in [0.4, 0.5) is 0 Å². The van der Waals surface area contributed by atoms with Crippen LogP contribution in [0.5, 0.6) is 0 Å². The van der Waals surface area contributed by atoms with Crippen LogP contribution in [0.2, 0.25) is 0 Å². The maximum Gasteiger partial charge on any atom is 0.252 e. The lowest BCUT2D eigenvalue weighted by atomic mass is 10.2. The van der Waals surface area contributed by atoms with Crippen molar-refractivity contribution in [3.8, 4) is 0 Å². The van der Waals surface area contributed by atoms with Crippen LogP contribution in [0.1, 0.15) is 6.42 Å². The van der Waals surface area contributed by atoms with Gasteiger partial charge < -0.3 is 15.4 Å².